The number of carbonyl (C=O) groups excluding carboxylic acids is 2. The maximum absolute atomic E-state index is 12.6. The molecule has 0 spiro atoms. The van der Waals surface area contributed by atoms with E-state index in [-0.39, 0.29) is 10.5 Å². The van der Waals surface area contributed by atoms with E-state index < -0.39 is 28.5 Å². The third-order valence-corrected chi connectivity index (χ3v) is 6.66. The number of anilines is 1. The highest BCUT2D eigenvalue weighted by Gasteiger charge is 2.23. The zero-order chi connectivity index (χ0) is 21.6. The van der Waals surface area contributed by atoms with Crippen molar-refractivity contribution in [2.24, 2.45) is 0 Å². The maximum Gasteiger partial charge on any atom is 0.338 e. The van der Waals surface area contributed by atoms with Gasteiger partial charge in [0, 0.05) is 23.8 Å². The number of rotatable bonds is 8. The molecule has 0 saturated heterocycles. The van der Waals surface area contributed by atoms with Crippen molar-refractivity contribution in [3.63, 3.8) is 0 Å². The van der Waals surface area contributed by atoms with Gasteiger partial charge in [0.1, 0.15) is 0 Å². The minimum absolute atomic E-state index is 0.00519. The van der Waals surface area contributed by atoms with Crippen LogP contribution in [-0.4, -0.2) is 44.3 Å². The van der Waals surface area contributed by atoms with E-state index >= 15 is 0 Å². The topological polar surface area (TPSA) is 92.8 Å². The summed E-state index contributed by atoms with van der Waals surface area (Å²) in [5.41, 5.74) is 1.40. The number of benzene rings is 2. The summed E-state index contributed by atoms with van der Waals surface area (Å²) in [5.74, 6) is -1.33. The summed E-state index contributed by atoms with van der Waals surface area (Å²) < 4.78 is 31.5. The number of esters is 1. The molecule has 156 valence electrons. The molecule has 7 nitrogen and oxygen atoms in total. The first kappa shape index (κ1) is 22.9. The van der Waals surface area contributed by atoms with Crippen LogP contribution in [0.2, 0.25) is 5.02 Å². The molecule has 0 unspecified atom stereocenters. The highest BCUT2D eigenvalue weighted by Crippen LogP contribution is 2.20. The molecule has 0 aliphatic rings. The Morgan fingerprint density at radius 1 is 1.10 bits per heavy atom. The van der Waals surface area contributed by atoms with Crippen molar-refractivity contribution in [1.82, 2.24) is 4.31 Å². The van der Waals surface area contributed by atoms with Gasteiger partial charge in [-0.25, -0.2) is 13.2 Å². The van der Waals surface area contributed by atoms with E-state index in [1.807, 2.05) is 6.92 Å². The molecule has 0 aliphatic heterocycles. The van der Waals surface area contributed by atoms with Gasteiger partial charge >= 0.3 is 5.97 Å². The Morgan fingerprint density at radius 2 is 1.79 bits per heavy atom. The molecule has 0 atom stereocenters. The monoisotopic (exact) mass is 438 g/mol. The Bertz CT molecular complexity index is 1000. The summed E-state index contributed by atoms with van der Waals surface area (Å²) in [6.07, 6.45) is 0. The highest BCUT2D eigenvalue weighted by atomic mass is 35.5. The lowest BCUT2D eigenvalue weighted by atomic mass is 10.2. The maximum atomic E-state index is 12.6. The lowest BCUT2D eigenvalue weighted by Crippen LogP contribution is -2.30. The zero-order valence-electron chi connectivity index (χ0n) is 16.4. The molecule has 1 N–H and O–H groups in total. The molecule has 2 aromatic rings. The van der Waals surface area contributed by atoms with Gasteiger partial charge in [-0.15, -0.1) is 0 Å². The summed E-state index contributed by atoms with van der Waals surface area (Å²) in [6.45, 7) is 5.42. The number of carbonyl (C=O) groups is 2. The predicted octanol–water partition coefficient (Wildman–Crippen LogP) is 3.47. The number of amides is 1. The Balaban J connectivity index is 2.04. The smallest absolute Gasteiger partial charge is 0.338 e. The van der Waals surface area contributed by atoms with Crippen LogP contribution in [-0.2, 0) is 19.6 Å². The fourth-order valence-electron chi connectivity index (χ4n) is 2.58. The molecular formula is C20H23ClN2O5S. The molecule has 1 amide bonds. The van der Waals surface area contributed by atoms with Gasteiger partial charge in [-0.3, -0.25) is 4.79 Å². The summed E-state index contributed by atoms with van der Waals surface area (Å²) in [4.78, 5) is 24.3. The molecule has 0 saturated carbocycles. The molecule has 0 radical (unpaired) electrons. The Morgan fingerprint density at radius 3 is 2.41 bits per heavy atom. The lowest BCUT2D eigenvalue weighted by molar-refractivity contribution is -0.119. The molecule has 2 rings (SSSR count). The Kier molecular flexibility index (Phi) is 7.78. The second kappa shape index (κ2) is 9.87. The lowest BCUT2D eigenvalue weighted by Gasteiger charge is -2.18. The first-order chi connectivity index (χ1) is 13.7. The average Bonchev–Trinajstić information content (AvgIpc) is 2.69. The van der Waals surface area contributed by atoms with Gasteiger partial charge < -0.3 is 10.1 Å². The van der Waals surface area contributed by atoms with Crippen LogP contribution in [0.1, 0.15) is 29.8 Å². The predicted molar refractivity (Wildman–Crippen MR) is 112 cm³/mol. The summed E-state index contributed by atoms with van der Waals surface area (Å²) in [5, 5.41) is 3.08. The van der Waals surface area contributed by atoms with Crippen LogP contribution in [0, 0.1) is 6.92 Å². The first-order valence-corrected chi connectivity index (χ1v) is 10.8. The number of nitrogens with one attached hydrogen (secondary N) is 1. The zero-order valence-corrected chi connectivity index (χ0v) is 18.0. The minimum Gasteiger partial charge on any atom is -0.452 e. The van der Waals surface area contributed by atoms with Crippen LogP contribution in [0.4, 0.5) is 5.69 Å². The number of sulfonamides is 1. The van der Waals surface area contributed by atoms with Crippen LogP contribution >= 0.6 is 11.6 Å². The average molecular weight is 439 g/mol. The van der Waals surface area contributed by atoms with E-state index in [1.165, 1.54) is 28.6 Å². The van der Waals surface area contributed by atoms with Gasteiger partial charge in [-0.05, 0) is 42.8 Å². The Labute approximate surface area is 175 Å². The number of hydrogen-bond donors (Lipinski definition) is 1. The third-order valence-electron chi connectivity index (χ3n) is 4.20. The van der Waals surface area contributed by atoms with E-state index in [0.29, 0.717) is 23.8 Å². The summed E-state index contributed by atoms with van der Waals surface area (Å²) >= 11 is 6.01. The highest BCUT2D eigenvalue weighted by molar-refractivity contribution is 7.89. The van der Waals surface area contributed by atoms with Crippen LogP contribution in [0.25, 0.3) is 0 Å². The fourth-order valence-corrected chi connectivity index (χ4v) is 4.26. The number of aryl methyl sites for hydroxylation is 1. The van der Waals surface area contributed by atoms with Crippen molar-refractivity contribution >= 4 is 39.2 Å². The fraction of sp³-hybridized carbons (Fsp3) is 0.300. The van der Waals surface area contributed by atoms with Crippen molar-refractivity contribution in [3.8, 4) is 0 Å². The molecule has 2 aromatic carbocycles. The van der Waals surface area contributed by atoms with E-state index in [0.717, 1.165) is 5.56 Å². The molecule has 0 heterocycles. The number of halogens is 1. The number of nitrogens with zero attached hydrogens (tertiary/aromatic N) is 1. The van der Waals surface area contributed by atoms with Crippen molar-refractivity contribution in [2.75, 3.05) is 25.0 Å². The first-order valence-electron chi connectivity index (χ1n) is 9.02. The van der Waals surface area contributed by atoms with E-state index in [2.05, 4.69) is 5.32 Å². The SMILES string of the molecule is CCN(CC)S(=O)(=O)c1cccc(C(=O)OCC(=O)Nc2ccc(C)c(Cl)c2)c1. The van der Waals surface area contributed by atoms with Crippen LogP contribution in [0.3, 0.4) is 0 Å². The molecule has 0 aromatic heterocycles. The third kappa shape index (κ3) is 5.79. The van der Waals surface area contributed by atoms with Crippen LogP contribution in [0.15, 0.2) is 47.4 Å². The number of ether oxygens (including phenoxy) is 1. The van der Waals surface area contributed by atoms with Crippen molar-refractivity contribution in [3.05, 3.63) is 58.6 Å². The quantitative estimate of drug-likeness (QED) is 0.637. The second-order valence-corrected chi connectivity index (χ2v) is 8.55. The van der Waals surface area contributed by atoms with Crippen molar-refractivity contribution in [2.45, 2.75) is 25.7 Å². The van der Waals surface area contributed by atoms with Gasteiger partial charge in [0.25, 0.3) is 5.91 Å². The van der Waals surface area contributed by atoms with Gasteiger partial charge in [0.05, 0.1) is 10.5 Å². The van der Waals surface area contributed by atoms with Crippen LogP contribution < -0.4 is 5.32 Å². The Hall–Kier alpha value is -2.42. The summed E-state index contributed by atoms with van der Waals surface area (Å²) in [7, 11) is -3.70. The normalized spacial score (nSPS) is 11.3. The second-order valence-electron chi connectivity index (χ2n) is 6.21. The molecule has 0 bridgehead atoms. The largest absolute Gasteiger partial charge is 0.452 e. The van der Waals surface area contributed by atoms with Crippen LogP contribution in [0.5, 0.6) is 0 Å². The van der Waals surface area contributed by atoms with Crippen molar-refractivity contribution in [1.29, 1.82) is 0 Å². The standard InChI is InChI=1S/C20H23ClN2O5S/c1-4-23(5-2)29(26,27)17-8-6-7-15(11-17)20(25)28-13-19(24)22-16-10-9-14(3)18(21)12-16/h6-12H,4-5,13H2,1-3H3,(H,22,24). The van der Waals surface area contributed by atoms with Crippen molar-refractivity contribution < 1.29 is 22.7 Å². The summed E-state index contributed by atoms with van der Waals surface area (Å²) in [6, 6.07) is 10.6. The van der Waals surface area contributed by atoms with Gasteiger partial charge in [-0.2, -0.15) is 4.31 Å². The molecule has 0 aliphatic carbocycles. The number of hydrogen-bond acceptors (Lipinski definition) is 5. The van der Waals surface area contributed by atoms with E-state index in [1.54, 1.807) is 32.0 Å². The van der Waals surface area contributed by atoms with Gasteiger partial charge in [0.2, 0.25) is 10.0 Å². The molecular weight excluding hydrogens is 416 g/mol. The van der Waals surface area contributed by atoms with Gasteiger partial charge in [0.15, 0.2) is 6.61 Å². The molecule has 9 heteroatoms. The van der Waals surface area contributed by atoms with E-state index in [9.17, 15) is 18.0 Å². The molecule has 29 heavy (non-hydrogen) atoms. The van der Waals surface area contributed by atoms with Gasteiger partial charge in [-0.1, -0.05) is 37.6 Å². The molecule has 0 fully saturated rings. The minimum atomic E-state index is -3.70. The van der Waals surface area contributed by atoms with E-state index in [4.69, 9.17) is 16.3 Å².